The maximum absolute atomic E-state index is 13.4. The average Bonchev–Trinajstić information content (AvgIpc) is 2.91. The summed E-state index contributed by atoms with van der Waals surface area (Å²) in [6, 6.07) is 17.7. The van der Waals surface area contributed by atoms with E-state index in [4.69, 9.17) is 0 Å². The molecule has 0 spiro atoms. The van der Waals surface area contributed by atoms with E-state index in [1.165, 1.54) is 9.80 Å². The van der Waals surface area contributed by atoms with Crippen LogP contribution in [0, 0.1) is 0 Å². The Morgan fingerprint density at radius 1 is 0.472 bits per heavy atom. The summed E-state index contributed by atoms with van der Waals surface area (Å²) >= 11 is 0. The Labute approximate surface area is 206 Å². The number of imide groups is 2. The lowest BCUT2D eigenvalue weighted by Crippen LogP contribution is -2.48. The van der Waals surface area contributed by atoms with E-state index in [9.17, 15) is 19.2 Å². The number of amides is 4. The van der Waals surface area contributed by atoms with E-state index in [0.29, 0.717) is 46.1 Å². The van der Waals surface area contributed by atoms with Crippen LogP contribution in [0.4, 0.5) is 0 Å². The van der Waals surface area contributed by atoms with Crippen LogP contribution in [0.2, 0.25) is 0 Å². The fourth-order valence-electron chi connectivity index (χ4n) is 4.98. The highest BCUT2D eigenvalue weighted by molar-refractivity contribution is 6.33. The number of carbonyl (C=O) groups excluding carboxylic acids is 4. The monoisotopic (exact) mass is 478 g/mol. The number of nitrogens with zero attached hydrogens (tertiary/aromatic N) is 4. The van der Waals surface area contributed by atoms with Crippen molar-refractivity contribution in [2.24, 2.45) is 0 Å². The maximum Gasteiger partial charge on any atom is 0.261 e. The van der Waals surface area contributed by atoms with E-state index in [1.807, 2.05) is 70.3 Å². The highest BCUT2D eigenvalue weighted by Gasteiger charge is 2.39. The van der Waals surface area contributed by atoms with Crippen LogP contribution in [0.25, 0.3) is 10.8 Å². The van der Waals surface area contributed by atoms with Crippen molar-refractivity contribution in [2.45, 2.75) is 13.1 Å². The van der Waals surface area contributed by atoms with Gasteiger partial charge in [-0.25, -0.2) is 9.13 Å². The minimum absolute atomic E-state index is 0.208. The first-order valence-electron chi connectivity index (χ1n) is 11.7. The molecule has 6 rings (SSSR count). The number of pyridine rings is 2. The molecule has 4 amide bonds. The van der Waals surface area contributed by atoms with Gasteiger partial charge in [-0.15, -0.1) is 0 Å². The normalized spacial score (nSPS) is 14.7. The molecule has 0 bridgehead atoms. The first-order chi connectivity index (χ1) is 17.5. The van der Waals surface area contributed by atoms with Crippen LogP contribution in [0.3, 0.4) is 0 Å². The average molecular weight is 479 g/mol. The molecule has 0 radical (unpaired) electrons. The lowest BCUT2D eigenvalue weighted by Gasteiger charge is -2.31. The molecule has 36 heavy (non-hydrogen) atoms. The topological polar surface area (TPSA) is 82.5 Å². The molecule has 8 heteroatoms. The van der Waals surface area contributed by atoms with E-state index in [2.05, 4.69) is 0 Å². The Hall–Kier alpha value is -4.72. The number of hydrogen-bond donors (Lipinski definition) is 0. The van der Waals surface area contributed by atoms with Crippen molar-refractivity contribution in [2.75, 3.05) is 13.1 Å². The van der Waals surface area contributed by atoms with Crippen LogP contribution < -0.4 is 9.13 Å². The third-order valence-corrected chi connectivity index (χ3v) is 6.78. The lowest BCUT2D eigenvalue weighted by atomic mass is 9.86. The molecule has 2 aromatic heterocycles. The first-order valence-corrected chi connectivity index (χ1v) is 11.7. The molecule has 2 aliphatic heterocycles. The van der Waals surface area contributed by atoms with Crippen molar-refractivity contribution < 1.29 is 28.3 Å². The molecule has 0 unspecified atom stereocenters. The van der Waals surface area contributed by atoms with Gasteiger partial charge in [-0.3, -0.25) is 29.0 Å². The van der Waals surface area contributed by atoms with Gasteiger partial charge < -0.3 is 0 Å². The van der Waals surface area contributed by atoms with Crippen molar-refractivity contribution in [1.82, 2.24) is 9.80 Å². The molecular weight excluding hydrogens is 456 g/mol. The minimum atomic E-state index is -0.421. The fourth-order valence-corrected chi connectivity index (χ4v) is 4.98. The highest BCUT2D eigenvalue weighted by Crippen LogP contribution is 2.37. The SMILES string of the molecule is O=C1c2ccc3c4c(ccc(c24)C(=O)N1CC[n+]1ccccc1)C(=O)N(CC[n+]1ccccc1)C3=O. The molecule has 0 aliphatic carbocycles. The van der Waals surface area contributed by atoms with Crippen LogP contribution >= 0.6 is 0 Å². The summed E-state index contributed by atoms with van der Waals surface area (Å²) in [5.74, 6) is -1.68. The summed E-state index contributed by atoms with van der Waals surface area (Å²) in [6.45, 7) is 1.33. The van der Waals surface area contributed by atoms with Gasteiger partial charge in [-0.05, 0) is 24.3 Å². The smallest absolute Gasteiger partial charge is 0.261 e. The van der Waals surface area contributed by atoms with Gasteiger partial charge in [0.05, 0.1) is 13.1 Å². The third kappa shape index (κ3) is 3.38. The maximum atomic E-state index is 13.4. The predicted molar refractivity (Wildman–Crippen MR) is 128 cm³/mol. The van der Waals surface area contributed by atoms with E-state index in [-0.39, 0.29) is 13.1 Å². The van der Waals surface area contributed by atoms with Crippen LogP contribution in [0.1, 0.15) is 41.4 Å². The van der Waals surface area contributed by atoms with Crippen molar-refractivity contribution in [3.63, 3.8) is 0 Å². The zero-order chi connectivity index (χ0) is 24.8. The summed E-state index contributed by atoms with van der Waals surface area (Å²) in [4.78, 5) is 55.9. The van der Waals surface area contributed by atoms with Gasteiger partial charge in [0, 0.05) is 57.3 Å². The Morgan fingerprint density at radius 3 is 1.08 bits per heavy atom. The van der Waals surface area contributed by atoms with Gasteiger partial charge in [-0.1, -0.05) is 12.1 Å². The molecule has 0 atom stereocenters. The quantitative estimate of drug-likeness (QED) is 0.314. The van der Waals surface area contributed by atoms with Gasteiger partial charge in [0.25, 0.3) is 23.6 Å². The molecule has 0 saturated carbocycles. The van der Waals surface area contributed by atoms with E-state index in [0.717, 1.165) is 0 Å². The van der Waals surface area contributed by atoms with Crippen molar-refractivity contribution in [3.05, 3.63) is 108 Å². The largest absolute Gasteiger partial charge is 0.269 e. The second-order valence-corrected chi connectivity index (χ2v) is 8.82. The molecule has 176 valence electrons. The number of benzene rings is 2. The number of rotatable bonds is 6. The van der Waals surface area contributed by atoms with Crippen LogP contribution in [-0.4, -0.2) is 46.5 Å². The lowest BCUT2D eigenvalue weighted by molar-refractivity contribution is -0.696. The Bertz CT molecular complexity index is 1380. The Morgan fingerprint density at radius 2 is 0.778 bits per heavy atom. The molecule has 0 saturated heterocycles. The van der Waals surface area contributed by atoms with Crippen molar-refractivity contribution in [3.8, 4) is 0 Å². The molecule has 2 aromatic carbocycles. The Kier molecular flexibility index (Phi) is 5.14. The molecule has 8 nitrogen and oxygen atoms in total. The van der Waals surface area contributed by atoms with Gasteiger partial charge in [-0.2, -0.15) is 0 Å². The van der Waals surface area contributed by atoms with Crippen LogP contribution in [0.5, 0.6) is 0 Å². The van der Waals surface area contributed by atoms with Gasteiger partial charge in [0.1, 0.15) is 0 Å². The van der Waals surface area contributed by atoms with Gasteiger partial charge in [0.15, 0.2) is 37.9 Å². The van der Waals surface area contributed by atoms with Crippen molar-refractivity contribution in [1.29, 1.82) is 0 Å². The Balaban J connectivity index is 1.35. The minimum Gasteiger partial charge on any atom is -0.269 e. The third-order valence-electron chi connectivity index (χ3n) is 6.78. The predicted octanol–water partition coefficient (Wildman–Crippen LogP) is 2.01. The molecular formula is C28H22N4O4+2. The number of carbonyl (C=O) groups is 4. The molecule has 4 aromatic rings. The second kappa shape index (κ2) is 8.49. The highest BCUT2D eigenvalue weighted by atomic mass is 16.2. The number of hydrogen-bond acceptors (Lipinski definition) is 4. The van der Waals surface area contributed by atoms with Crippen LogP contribution in [-0.2, 0) is 13.1 Å². The zero-order valence-electron chi connectivity index (χ0n) is 19.3. The van der Waals surface area contributed by atoms with Gasteiger partial charge >= 0.3 is 0 Å². The molecule has 0 fully saturated rings. The van der Waals surface area contributed by atoms with Gasteiger partial charge in [0.2, 0.25) is 0 Å². The first kappa shape index (κ1) is 21.8. The summed E-state index contributed by atoms with van der Waals surface area (Å²) in [5.41, 5.74) is 1.32. The van der Waals surface area contributed by atoms with E-state index in [1.54, 1.807) is 24.3 Å². The molecule has 4 heterocycles. The fraction of sp³-hybridized carbons (Fsp3) is 0.143. The second-order valence-electron chi connectivity index (χ2n) is 8.82. The molecule has 2 aliphatic rings. The standard InChI is InChI=1S/C28H22N4O4/c33-25-19-7-9-21-24-22(28(36)32(27(21)35)18-16-30-13-5-2-6-14-30)10-8-20(23(19)24)26(34)31(25)17-15-29-11-3-1-4-12-29/h1-14H,15-18H2/q+2. The summed E-state index contributed by atoms with van der Waals surface area (Å²) in [7, 11) is 0. The molecule has 0 N–H and O–H groups in total. The van der Waals surface area contributed by atoms with Crippen molar-refractivity contribution >= 4 is 34.4 Å². The number of aromatic nitrogens is 2. The van der Waals surface area contributed by atoms with E-state index >= 15 is 0 Å². The summed E-state index contributed by atoms with van der Waals surface area (Å²) in [5, 5.41) is 0.782. The summed E-state index contributed by atoms with van der Waals surface area (Å²) < 4.78 is 3.80. The van der Waals surface area contributed by atoms with Crippen LogP contribution in [0.15, 0.2) is 85.5 Å². The zero-order valence-corrected chi connectivity index (χ0v) is 19.3. The van der Waals surface area contributed by atoms with E-state index < -0.39 is 23.6 Å². The summed E-state index contributed by atoms with van der Waals surface area (Å²) in [6.07, 6.45) is 7.49.